The van der Waals surface area contributed by atoms with Crippen LogP contribution in [0.15, 0.2) is 67.0 Å². The van der Waals surface area contributed by atoms with Crippen LogP contribution in [0.2, 0.25) is 0 Å². The van der Waals surface area contributed by atoms with E-state index < -0.39 is 11.8 Å². The summed E-state index contributed by atoms with van der Waals surface area (Å²) < 4.78 is 68.5. The number of halogens is 5. The van der Waals surface area contributed by atoms with Gasteiger partial charge in [-0.3, -0.25) is 4.98 Å². The van der Waals surface area contributed by atoms with E-state index >= 15 is 0 Å². The molecule has 1 aliphatic carbocycles. The van der Waals surface area contributed by atoms with E-state index in [1.807, 2.05) is 18.3 Å². The first-order valence-electron chi connectivity index (χ1n) is 11.4. The highest BCUT2D eigenvalue weighted by Crippen LogP contribution is 2.51. The molecule has 0 bridgehead atoms. The highest BCUT2D eigenvalue weighted by Gasteiger charge is 2.55. The normalized spacial score (nSPS) is 23.8. The molecule has 1 aliphatic heterocycles. The lowest BCUT2D eigenvalue weighted by atomic mass is 9.63. The van der Waals surface area contributed by atoms with Gasteiger partial charge in [0.25, 0.3) is 0 Å². The van der Waals surface area contributed by atoms with Crippen molar-refractivity contribution in [2.45, 2.75) is 55.9 Å². The molecule has 5 rings (SSSR count). The topological polar surface area (TPSA) is 16.1 Å². The van der Waals surface area contributed by atoms with E-state index in [4.69, 9.17) is 0 Å². The Bertz CT molecular complexity index is 1170. The van der Waals surface area contributed by atoms with E-state index in [2.05, 4.69) is 9.88 Å². The zero-order valence-corrected chi connectivity index (χ0v) is 18.7. The van der Waals surface area contributed by atoms with E-state index in [1.54, 1.807) is 24.4 Å². The van der Waals surface area contributed by atoms with Crippen molar-refractivity contribution in [3.8, 4) is 0 Å². The van der Waals surface area contributed by atoms with Gasteiger partial charge >= 0.3 is 6.18 Å². The van der Waals surface area contributed by atoms with Crippen molar-refractivity contribution in [3.05, 3.63) is 95.1 Å². The van der Waals surface area contributed by atoms with E-state index in [0.717, 1.165) is 41.8 Å². The van der Waals surface area contributed by atoms with Crippen molar-refractivity contribution in [3.63, 3.8) is 0 Å². The molecule has 0 spiro atoms. The molecule has 2 aliphatic rings. The monoisotopic (exact) mass is 472 g/mol. The van der Waals surface area contributed by atoms with Gasteiger partial charge in [-0.05, 0) is 79.1 Å². The summed E-state index contributed by atoms with van der Waals surface area (Å²) in [6, 6.07) is 14.8. The first-order chi connectivity index (χ1) is 16.1. The molecule has 2 nitrogen and oxygen atoms in total. The zero-order valence-electron chi connectivity index (χ0n) is 18.7. The van der Waals surface area contributed by atoms with Crippen molar-refractivity contribution in [2.24, 2.45) is 0 Å². The molecule has 34 heavy (non-hydrogen) atoms. The number of alkyl halides is 4. The Kier molecular flexibility index (Phi) is 5.41. The number of aryl methyl sites for hydroxylation is 1. The van der Waals surface area contributed by atoms with Gasteiger partial charge in [0, 0.05) is 24.2 Å². The quantitative estimate of drug-likeness (QED) is 0.394. The largest absolute Gasteiger partial charge is 0.426 e. The Balaban J connectivity index is 1.60. The third-order valence-corrected chi connectivity index (χ3v) is 7.63. The van der Waals surface area contributed by atoms with Crippen LogP contribution in [0.1, 0.15) is 42.0 Å². The maximum Gasteiger partial charge on any atom is 0.426 e. The number of hydrogen-bond donors (Lipinski definition) is 0. The van der Waals surface area contributed by atoms with E-state index in [-0.39, 0.29) is 22.8 Å². The maximum atomic E-state index is 14.8. The molecule has 2 aromatic carbocycles. The lowest BCUT2D eigenvalue weighted by Gasteiger charge is -2.44. The molecule has 1 unspecified atom stereocenters. The number of fused-ring (bicyclic) bond motifs is 3. The lowest BCUT2D eigenvalue weighted by molar-refractivity contribution is -0.228. The summed E-state index contributed by atoms with van der Waals surface area (Å²) in [6.45, 7) is 1.34. The fourth-order valence-electron chi connectivity index (χ4n) is 5.82. The van der Waals surface area contributed by atoms with Crippen LogP contribution < -0.4 is 4.90 Å². The minimum Gasteiger partial charge on any atom is -0.366 e. The van der Waals surface area contributed by atoms with Gasteiger partial charge in [0.05, 0.1) is 11.9 Å². The van der Waals surface area contributed by atoms with Crippen molar-refractivity contribution in [1.29, 1.82) is 0 Å². The molecule has 1 fully saturated rings. The van der Waals surface area contributed by atoms with Crippen LogP contribution in [-0.2, 0) is 23.9 Å². The van der Waals surface area contributed by atoms with E-state index in [1.165, 1.54) is 24.3 Å². The van der Waals surface area contributed by atoms with Gasteiger partial charge in [-0.1, -0.05) is 30.3 Å². The van der Waals surface area contributed by atoms with Gasteiger partial charge in [0.2, 0.25) is 5.67 Å². The summed E-state index contributed by atoms with van der Waals surface area (Å²) in [5.41, 5.74) is -0.482. The number of anilines is 1. The third kappa shape index (κ3) is 3.65. The van der Waals surface area contributed by atoms with Crippen LogP contribution >= 0.6 is 0 Å². The second kappa shape index (κ2) is 8.07. The number of rotatable bonds is 4. The fraction of sp³-hybridized carbons (Fsp3) is 0.370. The second-order valence-electron chi connectivity index (χ2n) is 9.54. The fourth-order valence-corrected chi connectivity index (χ4v) is 5.82. The number of pyridine rings is 1. The van der Waals surface area contributed by atoms with Gasteiger partial charge in [-0.15, -0.1) is 0 Å². The number of nitrogens with zero attached hydrogens (tertiary/aromatic N) is 2. The number of aromatic nitrogens is 1. The Morgan fingerprint density at radius 3 is 2.50 bits per heavy atom. The molecule has 7 heteroatoms. The van der Waals surface area contributed by atoms with Crippen LogP contribution in [0.25, 0.3) is 0 Å². The zero-order chi connectivity index (χ0) is 24.1. The molecule has 178 valence electrons. The Hall–Kier alpha value is -2.96. The van der Waals surface area contributed by atoms with Crippen molar-refractivity contribution >= 4 is 5.69 Å². The molecule has 0 N–H and O–H groups in total. The maximum absolute atomic E-state index is 14.8. The van der Waals surface area contributed by atoms with Gasteiger partial charge in [-0.2, -0.15) is 13.2 Å². The van der Waals surface area contributed by atoms with E-state index in [0.29, 0.717) is 19.8 Å². The molecule has 0 radical (unpaired) electrons. The first kappa shape index (κ1) is 22.8. The summed E-state index contributed by atoms with van der Waals surface area (Å²) in [5, 5.41) is 0. The summed E-state index contributed by atoms with van der Waals surface area (Å²) in [6.07, 6.45) is 1.23. The van der Waals surface area contributed by atoms with E-state index in [9.17, 15) is 22.0 Å². The SMILES string of the molecule is CC(F)(c1ccc2c(c1)CC[C@H]1N(c3cccnc3)CC[C@@]21Cc1ccc(F)cc1)C(F)(F)F. The van der Waals surface area contributed by atoms with Crippen LogP contribution in [0.5, 0.6) is 0 Å². The molecule has 0 saturated carbocycles. The number of benzene rings is 2. The average Bonchev–Trinajstić information content (AvgIpc) is 3.19. The van der Waals surface area contributed by atoms with Crippen LogP contribution in [0, 0.1) is 5.82 Å². The Morgan fingerprint density at radius 1 is 1.06 bits per heavy atom. The third-order valence-electron chi connectivity index (χ3n) is 7.63. The van der Waals surface area contributed by atoms with Gasteiger partial charge in [0.1, 0.15) is 5.82 Å². The van der Waals surface area contributed by atoms with Crippen molar-refractivity contribution in [2.75, 3.05) is 11.4 Å². The van der Waals surface area contributed by atoms with Crippen molar-refractivity contribution < 1.29 is 22.0 Å². The highest BCUT2D eigenvalue weighted by molar-refractivity contribution is 5.54. The van der Waals surface area contributed by atoms with Crippen LogP contribution in [0.3, 0.4) is 0 Å². The second-order valence-corrected chi connectivity index (χ2v) is 9.54. The molecule has 1 aromatic heterocycles. The summed E-state index contributed by atoms with van der Waals surface area (Å²) in [4.78, 5) is 6.58. The smallest absolute Gasteiger partial charge is 0.366 e. The molecule has 3 atom stereocenters. The summed E-state index contributed by atoms with van der Waals surface area (Å²) in [7, 11) is 0. The minimum atomic E-state index is -4.99. The Labute approximate surface area is 195 Å². The molecular weight excluding hydrogens is 447 g/mol. The van der Waals surface area contributed by atoms with Gasteiger partial charge < -0.3 is 4.90 Å². The molecular formula is C27H25F5N2. The summed E-state index contributed by atoms with van der Waals surface area (Å²) in [5.74, 6) is -0.315. The van der Waals surface area contributed by atoms with Gasteiger partial charge in [0.15, 0.2) is 0 Å². The molecule has 2 heterocycles. The predicted octanol–water partition coefficient (Wildman–Crippen LogP) is 6.67. The molecule has 1 saturated heterocycles. The molecule has 0 amide bonds. The minimum absolute atomic E-state index is 0.0967. The van der Waals surface area contributed by atoms with Crippen molar-refractivity contribution in [1.82, 2.24) is 4.98 Å². The average molecular weight is 473 g/mol. The highest BCUT2D eigenvalue weighted by atomic mass is 19.4. The summed E-state index contributed by atoms with van der Waals surface area (Å²) >= 11 is 0. The number of hydrogen-bond acceptors (Lipinski definition) is 2. The predicted molar refractivity (Wildman–Crippen MR) is 121 cm³/mol. The van der Waals surface area contributed by atoms with Crippen LogP contribution in [0.4, 0.5) is 27.6 Å². The first-order valence-corrected chi connectivity index (χ1v) is 11.4. The Morgan fingerprint density at radius 2 is 1.82 bits per heavy atom. The molecule has 3 aromatic rings. The lowest BCUT2D eigenvalue weighted by Crippen LogP contribution is -2.48. The standard InChI is InChI=1S/C27H25F5N2/c1-25(29,27(30,31)32)20-7-10-23-19(15-20)6-11-24-26(23,16-18-4-8-21(28)9-5-18)12-14-34(24)22-3-2-13-33-17-22/h2-5,7-10,13,15,17,24H,6,11-12,14,16H2,1H3/t24-,25?,26-/m1/s1. The van der Waals surface area contributed by atoms with Crippen LogP contribution in [-0.4, -0.2) is 23.7 Å². The van der Waals surface area contributed by atoms with Gasteiger partial charge in [-0.25, -0.2) is 8.78 Å².